The van der Waals surface area contributed by atoms with E-state index in [-0.39, 0.29) is 30.9 Å². The van der Waals surface area contributed by atoms with Gasteiger partial charge in [0.2, 0.25) is 5.91 Å². The number of carbonyl (C=O) groups is 3. The molecule has 0 spiro atoms. The number of benzene rings is 3. The van der Waals surface area contributed by atoms with E-state index >= 15 is 0 Å². The van der Waals surface area contributed by atoms with E-state index in [0.717, 1.165) is 37.7 Å². The summed E-state index contributed by atoms with van der Waals surface area (Å²) in [5.41, 5.74) is 2.79. The van der Waals surface area contributed by atoms with Crippen molar-refractivity contribution in [3.63, 3.8) is 0 Å². The van der Waals surface area contributed by atoms with Crippen LogP contribution in [0.5, 0.6) is 0 Å². The number of nitrogens with zero attached hydrogens (tertiary/aromatic N) is 2. The van der Waals surface area contributed by atoms with Crippen molar-refractivity contribution in [3.05, 3.63) is 90.5 Å². The second kappa shape index (κ2) is 11.3. The molecule has 3 aromatic rings. The molecular formula is C30H31N3O4. The summed E-state index contributed by atoms with van der Waals surface area (Å²) in [5, 5.41) is 2.76. The Morgan fingerprint density at radius 3 is 2.14 bits per heavy atom. The summed E-state index contributed by atoms with van der Waals surface area (Å²) < 4.78 is 5.43. The van der Waals surface area contributed by atoms with E-state index < -0.39 is 12.1 Å². The standard InChI is InChI=1S/C30H31N3O4/c34-28(23-14-6-2-7-15-23)32-20-25(31-30(36)37-21-22-12-4-1-5-13-22)29(35)33(24-16-8-3-9-17-24)27-19-11-10-18-26(27)32/h1,3-5,8-13,16-19,23,25H,2,6-7,14-15,20-21H2,(H,31,36). The first-order valence-electron chi connectivity index (χ1n) is 12.9. The van der Waals surface area contributed by atoms with E-state index in [2.05, 4.69) is 5.32 Å². The van der Waals surface area contributed by atoms with Crippen LogP contribution in [0, 0.1) is 5.92 Å². The van der Waals surface area contributed by atoms with Gasteiger partial charge in [-0.05, 0) is 42.7 Å². The first-order chi connectivity index (χ1) is 18.1. The number of rotatable bonds is 5. The molecule has 0 bridgehead atoms. The second-order valence-electron chi connectivity index (χ2n) is 9.54. The third-order valence-electron chi connectivity index (χ3n) is 7.04. The van der Waals surface area contributed by atoms with Gasteiger partial charge in [-0.15, -0.1) is 0 Å². The van der Waals surface area contributed by atoms with Gasteiger partial charge in [0.25, 0.3) is 5.91 Å². The summed E-state index contributed by atoms with van der Waals surface area (Å²) in [6.07, 6.45) is 4.16. The molecule has 1 N–H and O–H groups in total. The highest BCUT2D eigenvalue weighted by atomic mass is 16.5. The molecule has 1 heterocycles. The lowest BCUT2D eigenvalue weighted by Crippen LogP contribution is -2.53. The van der Waals surface area contributed by atoms with E-state index in [1.54, 1.807) is 9.80 Å². The maximum absolute atomic E-state index is 14.0. The fourth-order valence-electron chi connectivity index (χ4n) is 5.15. The Labute approximate surface area is 217 Å². The Bertz CT molecular complexity index is 1240. The molecule has 1 saturated carbocycles. The monoisotopic (exact) mass is 497 g/mol. The van der Waals surface area contributed by atoms with E-state index in [0.29, 0.717) is 17.1 Å². The minimum atomic E-state index is -0.983. The van der Waals surface area contributed by atoms with Crippen LogP contribution in [0.2, 0.25) is 0 Å². The summed E-state index contributed by atoms with van der Waals surface area (Å²) in [4.78, 5) is 43.9. The molecule has 3 aromatic carbocycles. The van der Waals surface area contributed by atoms with Crippen LogP contribution in [0.4, 0.5) is 21.9 Å². The fourth-order valence-corrected chi connectivity index (χ4v) is 5.15. The molecule has 3 amide bonds. The van der Waals surface area contributed by atoms with Gasteiger partial charge in [0.15, 0.2) is 0 Å². The zero-order valence-corrected chi connectivity index (χ0v) is 20.7. The number of anilines is 3. The number of ether oxygens (including phenoxy) is 1. The maximum Gasteiger partial charge on any atom is 0.408 e. The van der Waals surface area contributed by atoms with Crippen LogP contribution < -0.4 is 15.1 Å². The largest absolute Gasteiger partial charge is 0.445 e. The maximum atomic E-state index is 14.0. The molecule has 1 atom stereocenters. The third kappa shape index (κ3) is 5.50. The normalized spacial score (nSPS) is 18.1. The van der Waals surface area contributed by atoms with Crippen molar-refractivity contribution in [2.75, 3.05) is 16.3 Å². The van der Waals surface area contributed by atoms with Gasteiger partial charge < -0.3 is 15.0 Å². The van der Waals surface area contributed by atoms with E-state index in [1.165, 1.54) is 0 Å². The zero-order chi connectivity index (χ0) is 25.6. The van der Waals surface area contributed by atoms with Crippen LogP contribution in [0.25, 0.3) is 0 Å². The molecule has 0 saturated heterocycles. The summed E-state index contributed by atoms with van der Waals surface area (Å²) in [6.45, 7) is 0.121. The molecule has 2 aliphatic rings. The summed E-state index contributed by atoms with van der Waals surface area (Å²) in [7, 11) is 0. The highest BCUT2D eigenvalue weighted by Gasteiger charge is 2.39. The molecule has 5 rings (SSSR count). The number of nitrogens with one attached hydrogen (secondary N) is 1. The van der Waals surface area contributed by atoms with Gasteiger partial charge in [0.1, 0.15) is 12.6 Å². The average molecular weight is 498 g/mol. The van der Waals surface area contributed by atoms with Crippen molar-refractivity contribution in [3.8, 4) is 0 Å². The van der Waals surface area contributed by atoms with E-state index in [9.17, 15) is 14.4 Å². The van der Waals surface area contributed by atoms with Crippen molar-refractivity contribution >= 4 is 35.0 Å². The van der Waals surface area contributed by atoms with Gasteiger partial charge >= 0.3 is 6.09 Å². The number of hydrogen-bond donors (Lipinski definition) is 1. The van der Waals surface area contributed by atoms with Gasteiger partial charge in [-0.1, -0.05) is 79.9 Å². The summed E-state index contributed by atoms with van der Waals surface area (Å²) in [6, 6.07) is 25.1. The molecule has 1 fully saturated rings. The van der Waals surface area contributed by atoms with Gasteiger partial charge in [-0.3, -0.25) is 14.5 Å². The lowest BCUT2D eigenvalue weighted by molar-refractivity contribution is -0.123. The minimum absolute atomic E-state index is 0.000635. The Morgan fingerprint density at radius 1 is 0.811 bits per heavy atom. The predicted octanol–water partition coefficient (Wildman–Crippen LogP) is 5.57. The van der Waals surface area contributed by atoms with E-state index in [1.807, 2.05) is 84.9 Å². The lowest BCUT2D eigenvalue weighted by Gasteiger charge is -2.30. The molecule has 1 aliphatic carbocycles. The topological polar surface area (TPSA) is 79.0 Å². The van der Waals surface area contributed by atoms with Crippen LogP contribution >= 0.6 is 0 Å². The fraction of sp³-hybridized carbons (Fsp3) is 0.300. The van der Waals surface area contributed by atoms with Gasteiger partial charge in [-0.2, -0.15) is 0 Å². The second-order valence-corrected chi connectivity index (χ2v) is 9.54. The van der Waals surface area contributed by atoms with Crippen LogP contribution in [0.1, 0.15) is 37.7 Å². The number of fused-ring (bicyclic) bond motifs is 1. The van der Waals surface area contributed by atoms with E-state index in [4.69, 9.17) is 4.74 Å². The van der Waals surface area contributed by atoms with Crippen molar-refractivity contribution in [1.29, 1.82) is 0 Å². The number of carbonyl (C=O) groups excluding carboxylic acids is 3. The molecule has 0 radical (unpaired) electrons. The summed E-state index contributed by atoms with van der Waals surface area (Å²) >= 11 is 0. The number of hydrogen-bond acceptors (Lipinski definition) is 4. The first kappa shape index (κ1) is 24.6. The van der Waals surface area contributed by atoms with Crippen molar-refractivity contribution in [1.82, 2.24) is 5.32 Å². The minimum Gasteiger partial charge on any atom is -0.445 e. The Hall–Kier alpha value is -4.13. The Kier molecular flexibility index (Phi) is 7.49. The molecule has 1 unspecified atom stereocenters. The van der Waals surface area contributed by atoms with Crippen molar-refractivity contribution < 1.29 is 19.1 Å². The molecule has 0 aromatic heterocycles. The lowest BCUT2D eigenvalue weighted by atomic mass is 9.88. The molecular weight excluding hydrogens is 466 g/mol. The van der Waals surface area contributed by atoms with Gasteiger partial charge in [0.05, 0.1) is 17.9 Å². The smallest absolute Gasteiger partial charge is 0.408 e. The highest BCUT2D eigenvalue weighted by Crippen LogP contribution is 2.39. The molecule has 37 heavy (non-hydrogen) atoms. The molecule has 1 aliphatic heterocycles. The summed E-state index contributed by atoms with van der Waals surface area (Å²) in [5.74, 6) is -0.417. The van der Waals surface area contributed by atoms with Gasteiger partial charge in [-0.25, -0.2) is 4.79 Å². The zero-order valence-electron chi connectivity index (χ0n) is 20.7. The predicted molar refractivity (Wildman–Crippen MR) is 143 cm³/mol. The SMILES string of the molecule is O=C(NC1CN(C(=O)C2CCCCC2)c2ccccc2N(c2ccccc2)C1=O)OCc1ccccc1. The van der Waals surface area contributed by atoms with Crippen LogP contribution in [-0.4, -0.2) is 30.5 Å². The van der Waals surface area contributed by atoms with Gasteiger partial charge in [0, 0.05) is 11.6 Å². The van der Waals surface area contributed by atoms with Crippen LogP contribution in [-0.2, 0) is 20.9 Å². The average Bonchev–Trinajstić information content (AvgIpc) is 3.07. The Balaban J connectivity index is 1.47. The quantitative estimate of drug-likeness (QED) is 0.500. The number of amides is 3. The van der Waals surface area contributed by atoms with Crippen molar-refractivity contribution in [2.45, 2.75) is 44.8 Å². The molecule has 7 heteroatoms. The first-order valence-corrected chi connectivity index (χ1v) is 12.9. The van der Waals surface area contributed by atoms with Crippen molar-refractivity contribution in [2.24, 2.45) is 5.92 Å². The number of para-hydroxylation sites is 3. The highest BCUT2D eigenvalue weighted by molar-refractivity contribution is 6.12. The number of alkyl carbamates (subject to hydrolysis) is 1. The molecule has 7 nitrogen and oxygen atoms in total. The molecule has 190 valence electrons. The van der Waals surface area contributed by atoms with Crippen LogP contribution in [0.3, 0.4) is 0 Å². The Morgan fingerprint density at radius 2 is 1.43 bits per heavy atom. The van der Waals surface area contributed by atoms with Crippen LogP contribution in [0.15, 0.2) is 84.9 Å². The third-order valence-corrected chi connectivity index (χ3v) is 7.04.